The van der Waals surface area contributed by atoms with Crippen molar-refractivity contribution in [1.82, 2.24) is 29.4 Å². The number of hydrogen-bond acceptors (Lipinski definition) is 5. The molecular formula is C25H24N6O2S. The predicted octanol–water partition coefficient (Wildman–Crippen LogP) is 3.66. The molecule has 0 saturated heterocycles. The minimum atomic E-state index is -0.767. The van der Waals surface area contributed by atoms with Crippen molar-refractivity contribution in [2.24, 2.45) is 0 Å². The summed E-state index contributed by atoms with van der Waals surface area (Å²) in [6, 6.07) is 16.7. The van der Waals surface area contributed by atoms with Gasteiger partial charge in [0.05, 0.1) is 11.4 Å². The Morgan fingerprint density at radius 3 is 2.53 bits per heavy atom. The summed E-state index contributed by atoms with van der Waals surface area (Å²) in [7, 11) is 0. The molecule has 172 valence electrons. The third-order valence-electron chi connectivity index (χ3n) is 5.73. The molecule has 5 rings (SSSR count). The van der Waals surface area contributed by atoms with E-state index in [0.29, 0.717) is 29.0 Å². The number of para-hydroxylation sites is 1. The summed E-state index contributed by atoms with van der Waals surface area (Å²) >= 11 is 1.66. The Bertz CT molecular complexity index is 1480. The summed E-state index contributed by atoms with van der Waals surface area (Å²) in [6.07, 6.45) is 4.49. The van der Waals surface area contributed by atoms with Crippen molar-refractivity contribution in [3.05, 3.63) is 93.3 Å². The maximum absolute atomic E-state index is 13.7. The van der Waals surface area contributed by atoms with E-state index in [9.17, 15) is 9.59 Å². The molecule has 0 bridgehead atoms. The molecule has 5 aromatic rings. The molecule has 0 unspecified atom stereocenters. The fraction of sp³-hybridized carbons (Fsp3) is 0.200. The number of nitrogens with one attached hydrogen (secondary N) is 1. The lowest BCUT2D eigenvalue weighted by Gasteiger charge is -2.15. The van der Waals surface area contributed by atoms with Gasteiger partial charge in [-0.3, -0.25) is 9.59 Å². The van der Waals surface area contributed by atoms with E-state index >= 15 is 0 Å². The lowest BCUT2D eigenvalue weighted by Crippen LogP contribution is -2.38. The summed E-state index contributed by atoms with van der Waals surface area (Å²) in [4.78, 5) is 27.8. The van der Waals surface area contributed by atoms with Crippen LogP contribution < -0.4 is 10.9 Å². The second-order valence-corrected chi connectivity index (χ2v) is 9.05. The zero-order chi connectivity index (χ0) is 23.7. The van der Waals surface area contributed by atoms with E-state index < -0.39 is 6.04 Å². The van der Waals surface area contributed by atoms with Gasteiger partial charge in [-0.25, -0.2) is 9.36 Å². The number of thiophene rings is 1. The van der Waals surface area contributed by atoms with Crippen LogP contribution in [-0.2, 0) is 11.2 Å². The maximum Gasteiger partial charge on any atom is 0.280 e. The molecule has 0 fully saturated rings. The minimum Gasteiger partial charge on any atom is -0.354 e. The van der Waals surface area contributed by atoms with Crippen molar-refractivity contribution in [3.8, 4) is 11.5 Å². The number of aromatic nitrogens is 5. The van der Waals surface area contributed by atoms with Crippen molar-refractivity contribution in [1.29, 1.82) is 0 Å². The average molecular weight is 473 g/mol. The molecule has 34 heavy (non-hydrogen) atoms. The first-order valence-electron chi connectivity index (χ1n) is 11.1. The van der Waals surface area contributed by atoms with Gasteiger partial charge in [0.2, 0.25) is 5.91 Å². The van der Waals surface area contributed by atoms with Crippen molar-refractivity contribution >= 4 is 28.1 Å². The van der Waals surface area contributed by atoms with Crippen molar-refractivity contribution < 1.29 is 4.79 Å². The third-order valence-corrected chi connectivity index (χ3v) is 6.67. The van der Waals surface area contributed by atoms with Gasteiger partial charge in [0, 0.05) is 23.8 Å². The molecule has 0 aliphatic carbocycles. The molecule has 0 saturated carbocycles. The molecule has 1 N–H and O–H groups in total. The summed E-state index contributed by atoms with van der Waals surface area (Å²) in [5.74, 6) is 0.364. The van der Waals surface area contributed by atoms with Crippen molar-refractivity contribution in [2.75, 3.05) is 6.54 Å². The SMILES string of the molecule is Cc1nn([C@H](C)C(=O)NCCc2cccs2)c(=O)c2c(-n3cccc3)n(-c3ccccc3)nc12. The Kier molecular flexibility index (Phi) is 5.85. The number of benzene rings is 1. The van der Waals surface area contributed by atoms with Crippen LogP contribution in [0.2, 0.25) is 0 Å². The highest BCUT2D eigenvalue weighted by Gasteiger charge is 2.25. The van der Waals surface area contributed by atoms with E-state index in [-0.39, 0.29) is 11.5 Å². The Morgan fingerprint density at radius 1 is 1.06 bits per heavy atom. The van der Waals surface area contributed by atoms with Crippen LogP contribution >= 0.6 is 11.3 Å². The number of carbonyl (C=O) groups excluding carboxylic acids is 1. The summed E-state index contributed by atoms with van der Waals surface area (Å²) in [5, 5.41) is 14.6. The maximum atomic E-state index is 13.7. The van der Waals surface area contributed by atoms with Gasteiger partial charge >= 0.3 is 0 Å². The van der Waals surface area contributed by atoms with Gasteiger partial charge in [-0.15, -0.1) is 11.3 Å². The van der Waals surface area contributed by atoms with Gasteiger partial charge in [-0.1, -0.05) is 24.3 Å². The molecule has 0 spiro atoms. The highest BCUT2D eigenvalue weighted by atomic mass is 32.1. The number of aryl methyl sites for hydroxylation is 1. The Morgan fingerprint density at radius 2 is 1.82 bits per heavy atom. The largest absolute Gasteiger partial charge is 0.354 e. The quantitative estimate of drug-likeness (QED) is 0.392. The number of fused-ring (bicyclic) bond motifs is 1. The Labute approximate surface area is 200 Å². The van der Waals surface area contributed by atoms with Crippen LogP contribution in [0.3, 0.4) is 0 Å². The van der Waals surface area contributed by atoms with Gasteiger partial charge in [0.25, 0.3) is 5.56 Å². The fourth-order valence-electron chi connectivity index (χ4n) is 3.98. The molecule has 4 heterocycles. The first kappa shape index (κ1) is 21.8. The second kappa shape index (κ2) is 9.11. The first-order chi connectivity index (χ1) is 16.5. The van der Waals surface area contributed by atoms with Crippen LogP contribution in [-0.4, -0.2) is 36.6 Å². The van der Waals surface area contributed by atoms with Gasteiger partial charge in [-0.05, 0) is 56.0 Å². The highest BCUT2D eigenvalue weighted by molar-refractivity contribution is 7.09. The minimum absolute atomic E-state index is 0.247. The number of hydrogen-bond donors (Lipinski definition) is 1. The number of amides is 1. The lowest BCUT2D eigenvalue weighted by atomic mass is 10.2. The van der Waals surface area contributed by atoms with E-state index in [1.807, 2.05) is 83.9 Å². The monoisotopic (exact) mass is 472 g/mol. The molecule has 1 aromatic carbocycles. The van der Waals surface area contributed by atoms with Crippen LogP contribution in [0.25, 0.3) is 22.4 Å². The van der Waals surface area contributed by atoms with Crippen LogP contribution in [0.5, 0.6) is 0 Å². The van der Waals surface area contributed by atoms with E-state index in [1.165, 1.54) is 9.56 Å². The molecular weight excluding hydrogens is 448 g/mol. The summed E-state index contributed by atoms with van der Waals surface area (Å²) in [5.41, 5.74) is 1.56. The average Bonchev–Trinajstić information content (AvgIpc) is 3.62. The van der Waals surface area contributed by atoms with Crippen LogP contribution in [0.1, 0.15) is 23.5 Å². The molecule has 0 aliphatic heterocycles. The lowest BCUT2D eigenvalue weighted by molar-refractivity contribution is -0.124. The van der Waals surface area contributed by atoms with Gasteiger partial charge < -0.3 is 9.88 Å². The van der Waals surface area contributed by atoms with Crippen LogP contribution in [0.4, 0.5) is 0 Å². The van der Waals surface area contributed by atoms with Gasteiger partial charge in [-0.2, -0.15) is 10.2 Å². The topological polar surface area (TPSA) is 86.7 Å². The molecule has 9 heteroatoms. The molecule has 0 aliphatic rings. The Balaban J connectivity index is 1.57. The van der Waals surface area contributed by atoms with Crippen LogP contribution in [0, 0.1) is 6.92 Å². The Hall–Kier alpha value is -3.98. The molecule has 0 radical (unpaired) electrons. The first-order valence-corrected chi connectivity index (χ1v) is 11.9. The zero-order valence-electron chi connectivity index (χ0n) is 18.9. The molecule has 4 aromatic heterocycles. The highest BCUT2D eigenvalue weighted by Crippen LogP contribution is 2.25. The van der Waals surface area contributed by atoms with Crippen molar-refractivity contribution in [3.63, 3.8) is 0 Å². The standard InChI is InChI=1S/C25H24N6O2S/c1-17-22-21(24(29-14-6-7-15-29)31(28-22)19-9-4-3-5-10-19)25(33)30(27-17)18(2)23(32)26-13-12-20-11-8-16-34-20/h3-11,14-16,18H,12-13H2,1-2H3,(H,26,32)/t18-/m1/s1. The zero-order valence-corrected chi connectivity index (χ0v) is 19.7. The van der Waals surface area contributed by atoms with Gasteiger partial charge in [0.15, 0.2) is 5.82 Å². The van der Waals surface area contributed by atoms with E-state index in [4.69, 9.17) is 5.10 Å². The molecule has 1 amide bonds. The predicted molar refractivity (Wildman–Crippen MR) is 133 cm³/mol. The smallest absolute Gasteiger partial charge is 0.280 e. The number of carbonyl (C=O) groups is 1. The van der Waals surface area contributed by atoms with E-state index in [2.05, 4.69) is 10.4 Å². The fourth-order valence-corrected chi connectivity index (χ4v) is 4.69. The van der Waals surface area contributed by atoms with E-state index in [0.717, 1.165) is 12.1 Å². The summed E-state index contributed by atoms with van der Waals surface area (Å²) < 4.78 is 4.87. The molecule has 1 atom stereocenters. The van der Waals surface area contributed by atoms with E-state index in [1.54, 1.807) is 22.9 Å². The van der Waals surface area contributed by atoms with Crippen LogP contribution in [0.15, 0.2) is 77.2 Å². The second-order valence-electron chi connectivity index (χ2n) is 8.02. The van der Waals surface area contributed by atoms with Gasteiger partial charge in [0.1, 0.15) is 16.9 Å². The normalized spacial score (nSPS) is 12.2. The van der Waals surface area contributed by atoms with Crippen molar-refractivity contribution in [2.45, 2.75) is 26.3 Å². The molecule has 8 nitrogen and oxygen atoms in total. The number of rotatable bonds is 7. The summed E-state index contributed by atoms with van der Waals surface area (Å²) in [6.45, 7) is 4.00. The number of nitrogens with zero attached hydrogens (tertiary/aromatic N) is 5. The third kappa shape index (κ3) is 3.94.